The van der Waals surface area contributed by atoms with Gasteiger partial charge in [0.25, 0.3) is 0 Å². The van der Waals surface area contributed by atoms with Gasteiger partial charge in [-0.3, -0.25) is 4.98 Å². The number of hydrogen-bond donors (Lipinski definition) is 1. The second-order valence-corrected chi connectivity index (χ2v) is 9.94. The molecule has 7 heteroatoms. The van der Waals surface area contributed by atoms with Crippen LogP contribution in [0.4, 0.5) is 5.69 Å². The van der Waals surface area contributed by atoms with Gasteiger partial charge in [0.15, 0.2) is 5.11 Å². The highest BCUT2D eigenvalue weighted by atomic mass is 32.1. The van der Waals surface area contributed by atoms with E-state index in [1.807, 2.05) is 12.3 Å². The van der Waals surface area contributed by atoms with Gasteiger partial charge in [0, 0.05) is 49.6 Å². The van der Waals surface area contributed by atoms with Crippen LogP contribution in [0.5, 0.6) is 0 Å². The number of benzene rings is 1. The summed E-state index contributed by atoms with van der Waals surface area (Å²) in [5, 5.41) is 4.39. The first-order valence-corrected chi connectivity index (χ1v) is 12.3. The number of hydrogen-bond acceptors (Lipinski definition) is 4. The van der Waals surface area contributed by atoms with E-state index in [1.54, 1.807) is 0 Å². The van der Waals surface area contributed by atoms with Crippen LogP contribution in [0.1, 0.15) is 41.1 Å². The number of aryl methyl sites for hydroxylation is 1. The third-order valence-corrected chi connectivity index (χ3v) is 6.97. The van der Waals surface area contributed by atoms with Gasteiger partial charge in [-0.05, 0) is 101 Å². The Morgan fingerprint density at radius 1 is 1.03 bits per heavy atom. The summed E-state index contributed by atoms with van der Waals surface area (Å²) in [4.78, 5) is 11.4. The molecule has 3 aromatic rings. The zero-order valence-electron chi connectivity index (χ0n) is 21.1. The van der Waals surface area contributed by atoms with Crippen molar-refractivity contribution in [1.82, 2.24) is 24.7 Å². The fourth-order valence-corrected chi connectivity index (χ4v) is 5.26. The molecule has 0 saturated carbocycles. The van der Waals surface area contributed by atoms with E-state index >= 15 is 0 Å². The van der Waals surface area contributed by atoms with E-state index < -0.39 is 0 Å². The van der Waals surface area contributed by atoms with E-state index in [2.05, 4.69) is 114 Å². The molecule has 1 saturated heterocycles. The van der Waals surface area contributed by atoms with Gasteiger partial charge in [0.05, 0.1) is 17.8 Å². The Bertz CT molecular complexity index is 1120. The second-order valence-electron chi connectivity index (χ2n) is 9.55. The fourth-order valence-electron chi connectivity index (χ4n) is 4.93. The summed E-state index contributed by atoms with van der Waals surface area (Å²) in [6.07, 6.45) is 2.91. The summed E-state index contributed by atoms with van der Waals surface area (Å²) in [6, 6.07) is 17.3. The Hall–Kier alpha value is -2.90. The van der Waals surface area contributed by atoms with Gasteiger partial charge in [-0.1, -0.05) is 6.07 Å². The number of nitrogens with zero attached hydrogens (tertiary/aromatic N) is 5. The molecule has 6 nitrogen and oxygen atoms in total. The normalized spacial score (nSPS) is 18.0. The van der Waals surface area contributed by atoms with Crippen molar-refractivity contribution in [1.29, 1.82) is 0 Å². The van der Waals surface area contributed by atoms with Crippen molar-refractivity contribution >= 4 is 23.0 Å². The van der Waals surface area contributed by atoms with Crippen molar-refractivity contribution in [3.8, 4) is 5.69 Å². The Morgan fingerprint density at radius 2 is 1.76 bits per heavy atom. The maximum atomic E-state index is 5.85. The first-order valence-electron chi connectivity index (χ1n) is 11.9. The third-order valence-electron chi connectivity index (χ3n) is 6.62. The van der Waals surface area contributed by atoms with Crippen molar-refractivity contribution in [2.75, 3.05) is 46.2 Å². The molecule has 180 valence electrons. The van der Waals surface area contributed by atoms with Gasteiger partial charge in [0.1, 0.15) is 0 Å². The lowest BCUT2D eigenvalue weighted by molar-refractivity contribution is 0.292. The standard InChI is InChI=1S/C27H36N6S/c1-19-18-23(20(2)33(19)22-13-11-21(12-14-22)31(5)6)26-25(24-10-7-8-15-28-24)29-27(34)32(26)17-9-16-30(3)4/h7-8,10-15,18,25-26H,9,16-17H2,1-6H3,(H,29,34)/t25-,26+/m0/s1. The summed E-state index contributed by atoms with van der Waals surface area (Å²) in [6.45, 7) is 6.33. The average molecular weight is 477 g/mol. The molecular formula is C27H36N6S. The van der Waals surface area contributed by atoms with E-state index in [0.29, 0.717) is 0 Å². The summed E-state index contributed by atoms with van der Waals surface area (Å²) >= 11 is 5.85. The van der Waals surface area contributed by atoms with Crippen molar-refractivity contribution in [2.45, 2.75) is 32.4 Å². The smallest absolute Gasteiger partial charge is 0.170 e. The lowest BCUT2D eigenvalue weighted by Gasteiger charge is -2.28. The van der Waals surface area contributed by atoms with Crippen LogP contribution < -0.4 is 10.2 Å². The molecule has 1 aliphatic heterocycles. The van der Waals surface area contributed by atoms with Crippen LogP contribution in [-0.4, -0.2) is 65.7 Å². The molecule has 0 aliphatic carbocycles. The summed E-state index contributed by atoms with van der Waals surface area (Å²) in [7, 11) is 8.36. The van der Waals surface area contributed by atoms with Gasteiger partial charge in [-0.15, -0.1) is 0 Å². The zero-order valence-corrected chi connectivity index (χ0v) is 21.9. The lowest BCUT2D eigenvalue weighted by Crippen LogP contribution is -2.32. The zero-order chi connectivity index (χ0) is 24.4. The predicted octanol–water partition coefficient (Wildman–Crippen LogP) is 4.48. The van der Waals surface area contributed by atoms with E-state index in [9.17, 15) is 0 Å². The predicted molar refractivity (Wildman–Crippen MR) is 145 cm³/mol. The molecule has 0 spiro atoms. The summed E-state index contributed by atoms with van der Waals surface area (Å²) < 4.78 is 2.35. The minimum Gasteiger partial charge on any atom is -0.378 e. The van der Waals surface area contributed by atoms with E-state index in [-0.39, 0.29) is 12.1 Å². The van der Waals surface area contributed by atoms with Gasteiger partial charge in [-0.25, -0.2) is 0 Å². The van der Waals surface area contributed by atoms with Gasteiger partial charge in [0.2, 0.25) is 0 Å². The topological polar surface area (TPSA) is 39.6 Å². The third kappa shape index (κ3) is 4.81. The largest absolute Gasteiger partial charge is 0.378 e. The highest BCUT2D eigenvalue weighted by molar-refractivity contribution is 7.80. The lowest BCUT2D eigenvalue weighted by atomic mass is 9.96. The number of rotatable bonds is 8. The monoisotopic (exact) mass is 476 g/mol. The summed E-state index contributed by atoms with van der Waals surface area (Å²) in [5.41, 5.74) is 7.14. The first kappa shape index (κ1) is 24.2. The maximum absolute atomic E-state index is 5.85. The Balaban J connectivity index is 1.74. The Morgan fingerprint density at radius 3 is 2.38 bits per heavy atom. The minimum atomic E-state index is 0.0122. The van der Waals surface area contributed by atoms with E-state index in [4.69, 9.17) is 12.2 Å². The molecule has 0 bridgehead atoms. The van der Waals surface area contributed by atoms with Crippen molar-refractivity contribution in [3.05, 3.63) is 77.4 Å². The number of pyridine rings is 1. The van der Waals surface area contributed by atoms with Crippen molar-refractivity contribution < 1.29 is 0 Å². The number of anilines is 1. The van der Waals surface area contributed by atoms with Crippen molar-refractivity contribution in [2.24, 2.45) is 0 Å². The number of aromatic nitrogens is 2. The molecule has 0 unspecified atom stereocenters. The van der Waals surface area contributed by atoms with Gasteiger partial charge >= 0.3 is 0 Å². The van der Waals surface area contributed by atoms with Gasteiger partial charge < -0.3 is 24.6 Å². The molecule has 1 fully saturated rings. The highest BCUT2D eigenvalue weighted by Crippen LogP contribution is 2.41. The van der Waals surface area contributed by atoms with Crippen LogP contribution in [0.2, 0.25) is 0 Å². The second kappa shape index (κ2) is 10.2. The maximum Gasteiger partial charge on any atom is 0.170 e. The summed E-state index contributed by atoms with van der Waals surface area (Å²) in [5.74, 6) is 0. The molecule has 2 aromatic heterocycles. The quantitative estimate of drug-likeness (QED) is 0.484. The van der Waals surface area contributed by atoms with E-state index in [0.717, 1.165) is 30.3 Å². The molecule has 34 heavy (non-hydrogen) atoms. The van der Waals surface area contributed by atoms with Crippen molar-refractivity contribution in [3.63, 3.8) is 0 Å². The molecule has 1 aliphatic rings. The van der Waals surface area contributed by atoms with Gasteiger partial charge in [-0.2, -0.15) is 0 Å². The molecule has 0 amide bonds. The number of nitrogens with one attached hydrogen (secondary N) is 1. The molecule has 1 aromatic carbocycles. The SMILES string of the molecule is Cc1cc([C@@H]2[C@H](c3ccccn3)NC(=S)N2CCCN(C)C)c(C)n1-c1ccc(N(C)C)cc1. The van der Waals surface area contributed by atoms with E-state index in [1.165, 1.54) is 28.3 Å². The molecular weight excluding hydrogens is 440 g/mol. The first-order chi connectivity index (χ1) is 16.3. The van der Waals surface area contributed by atoms with Crippen LogP contribution in [-0.2, 0) is 0 Å². The van der Waals surface area contributed by atoms with Crippen LogP contribution in [0.3, 0.4) is 0 Å². The minimum absolute atomic E-state index is 0.0122. The average Bonchev–Trinajstić information content (AvgIpc) is 3.29. The molecule has 0 radical (unpaired) electrons. The van der Waals surface area contributed by atoms with Crippen LogP contribution >= 0.6 is 12.2 Å². The fraction of sp³-hybridized carbons (Fsp3) is 0.407. The molecule has 4 rings (SSSR count). The molecule has 3 heterocycles. The van der Waals surface area contributed by atoms with Crippen LogP contribution in [0.15, 0.2) is 54.7 Å². The molecule has 2 atom stereocenters. The van der Waals surface area contributed by atoms with Crippen LogP contribution in [0.25, 0.3) is 5.69 Å². The van der Waals surface area contributed by atoms with Crippen LogP contribution in [0, 0.1) is 13.8 Å². The molecule has 1 N–H and O–H groups in total. The Kier molecular flexibility index (Phi) is 7.24. The number of thiocarbonyl (C=S) groups is 1. The Labute approximate surface area is 209 Å². The highest BCUT2D eigenvalue weighted by Gasteiger charge is 2.41.